The molecular formula is C19H21ClN6O3. The quantitative estimate of drug-likeness (QED) is 0.803. The van der Waals surface area contributed by atoms with Gasteiger partial charge in [-0.1, -0.05) is 17.7 Å². The van der Waals surface area contributed by atoms with E-state index < -0.39 is 36.6 Å². The lowest BCUT2D eigenvalue weighted by Gasteiger charge is -2.40. The van der Waals surface area contributed by atoms with Gasteiger partial charge in [0.1, 0.15) is 6.54 Å². The van der Waals surface area contributed by atoms with Crippen LogP contribution in [-0.4, -0.2) is 64.3 Å². The molecule has 10 heteroatoms. The van der Waals surface area contributed by atoms with E-state index in [9.17, 15) is 14.4 Å². The Kier molecular flexibility index (Phi) is 4.30. The van der Waals surface area contributed by atoms with Crippen molar-refractivity contribution in [1.29, 1.82) is 0 Å². The van der Waals surface area contributed by atoms with Crippen LogP contribution in [0.25, 0.3) is 0 Å². The van der Waals surface area contributed by atoms with Crippen LogP contribution < -0.4 is 10.6 Å². The second-order valence-electron chi connectivity index (χ2n) is 7.38. The van der Waals surface area contributed by atoms with Gasteiger partial charge in [-0.3, -0.25) is 24.3 Å². The molecule has 4 rings (SSSR count). The summed E-state index contributed by atoms with van der Waals surface area (Å²) in [6, 6.07) is 4.23. The number of anilines is 1. The molecule has 0 aromatic heterocycles. The first-order chi connectivity index (χ1) is 13.6. The fraction of sp³-hybridized carbons (Fsp3) is 0.368. The standard InChI is InChI=1S/C19H21ClN6O3/c1-9-5-6-12(20)7-13(9)25-10(2)11(3)26-15-16(22-18(25)26)23(4)19(29)24(17(15)28)8-14(21)27/h5-7,15-16H,8H2,1-4H3,(H2,21,27). The molecule has 3 aliphatic rings. The SMILES string of the molecule is CC1=C(C)N2C(=NC3C2C(=O)N(CC(N)=O)C(=O)N3C)N1c1cc(Cl)ccc1C. The lowest BCUT2D eigenvalue weighted by molar-refractivity contribution is -0.139. The van der Waals surface area contributed by atoms with Gasteiger partial charge in [0.15, 0.2) is 12.2 Å². The van der Waals surface area contributed by atoms with E-state index in [1.54, 1.807) is 7.05 Å². The van der Waals surface area contributed by atoms with Crippen LogP contribution in [0.15, 0.2) is 34.6 Å². The Labute approximate surface area is 173 Å². The van der Waals surface area contributed by atoms with Gasteiger partial charge in [0.05, 0.1) is 5.69 Å². The number of rotatable bonds is 3. The van der Waals surface area contributed by atoms with Crippen LogP contribution in [0.1, 0.15) is 19.4 Å². The lowest BCUT2D eigenvalue weighted by Crippen LogP contribution is -2.65. The first-order valence-corrected chi connectivity index (χ1v) is 9.48. The predicted molar refractivity (Wildman–Crippen MR) is 108 cm³/mol. The van der Waals surface area contributed by atoms with E-state index in [0.29, 0.717) is 11.0 Å². The highest BCUT2D eigenvalue weighted by atomic mass is 35.5. The topological polar surface area (TPSA) is 103 Å². The number of hydrogen-bond acceptors (Lipinski definition) is 6. The van der Waals surface area contributed by atoms with Gasteiger partial charge in [0, 0.05) is 23.5 Å². The molecule has 1 aromatic carbocycles. The highest BCUT2D eigenvalue weighted by molar-refractivity contribution is 6.31. The van der Waals surface area contributed by atoms with Gasteiger partial charge in [0.25, 0.3) is 5.91 Å². The van der Waals surface area contributed by atoms with E-state index in [-0.39, 0.29) is 0 Å². The molecule has 0 aliphatic carbocycles. The number of carbonyl (C=O) groups is 3. The number of imide groups is 1. The molecule has 1 aromatic rings. The number of allylic oxidation sites excluding steroid dienone is 2. The van der Waals surface area contributed by atoms with Crippen molar-refractivity contribution >= 4 is 41.1 Å². The molecule has 0 spiro atoms. The molecular weight excluding hydrogens is 396 g/mol. The Morgan fingerprint density at radius 3 is 2.55 bits per heavy atom. The Morgan fingerprint density at radius 2 is 1.90 bits per heavy atom. The van der Waals surface area contributed by atoms with Crippen molar-refractivity contribution in [2.24, 2.45) is 10.7 Å². The largest absolute Gasteiger partial charge is 0.368 e. The number of urea groups is 1. The van der Waals surface area contributed by atoms with E-state index >= 15 is 0 Å². The molecule has 29 heavy (non-hydrogen) atoms. The van der Waals surface area contributed by atoms with Gasteiger partial charge >= 0.3 is 6.03 Å². The molecule has 0 saturated carbocycles. The summed E-state index contributed by atoms with van der Waals surface area (Å²) in [6.07, 6.45) is -0.695. The van der Waals surface area contributed by atoms with Gasteiger partial charge in [-0.05, 0) is 38.5 Å². The summed E-state index contributed by atoms with van der Waals surface area (Å²) < 4.78 is 0. The minimum Gasteiger partial charge on any atom is -0.368 e. The highest BCUT2D eigenvalue weighted by Gasteiger charge is 2.56. The summed E-state index contributed by atoms with van der Waals surface area (Å²) in [4.78, 5) is 47.9. The van der Waals surface area contributed by atoms with Gasteiger partial charge in [-0.2, -0.15) is 0 Å². The van der Waals surface area contributed by atoms with Crippen LogP contribution in [-0.2, 0) is 9.59 Å². The van der Waals surface area contributed by atoms with E-state index in [1.165, 1.54) is 4.90 Å². The zero-order valence-electron chi connectivity index (χ0n) is 16.5. The monoisotopic (exact) mass is 416 g/mol. The Balaban J connectivity index is 1.80. The van der Waals surface area contributed by atoms with Crippen LogP contribution in [0.4, 0.5) is 10.5 Å². The van der Waals surface area contributed by atoms with Gasteiger partial charge in [-0.25, -0.2) is 9.79 Å². The van der Waals surface area contributed by atoms with Gasteiger partial charge < -0.3 is 10.6 Å². The number of aliphatic imine (C=N–C) groups is 1. The molecule has 3 aliphatic heterocycles. The molecule has 3 heterocycles. The summed E-state index contributed by atoms with van der Waals surface area (Å²) in [5.74, 6) is -0.694. The zero-order chi connectivity index (χ0) is 21.2. The van der Waals surface area contributed by atoms with E-state index in [2.05, 4.69) is 0 Å². The summed E-state index contributed by atoms with van der Waals surface area (Å²) in [6.45, 7) is 5.34. The number of amides is 4. The van der Waals surface area contributed by atoms with Crippen molar-refractivity contribution in [2.45, 2.75) is 33.0 Å². The Hall–Kier alpha value is -3.07. The molecule has 2 unspecified atom stereocenters. The third kappa shape index (κ3) is 2.68. The summed E-state index contributed by atoms with van der Waals surface area (Å²) in [5.41, 5.74) is 8.83. The van der Waals surface area contributed by atoms with Crippen molar-refractivity contribution < 1.29 is 14.4 Å². The summed E-state index contributed by atoms with van der Waals surface area (Å²) in [5, 5.41) is 0.585. The minimum atomic E-state index is -0.758. The van der Waals surface area contributed by atoms with Crippen molar-refractivity contribution in [3.05, 3.63) is 40.2 Å². The molecule has 1 fully saturated rings. The average Bonchev–Trinajstić information content (AvgIpc) is 3.15. The number of halogens is 1. The van der Waals surface area contributed by atoms with Crippen LogP contribution in [0.2, 0.25) is 5.02 Å². The molecule has 4 amide bonds. The number of nitrogens with two attached hydrogens (primary N) is 1. The Morgan fingerprint density at radius 1 is 1.21 bits per heavy atom. The number of fused-ring (bicyclic) bond motifs is 3. The number of guanidine groups is 1. The van der Waals surface area contributed by atoms with E-state index in [0.717, 1.165) is 27.5 Å². The Bertz CT molecular complexity index is 1020. The van der Waals surface area contributed by atoms with Crippen LogP contribution in [0.5, 0.6) is 0 Å². The third-order valence-electron chi connectivity index (χ3n) is 5.62. The molecule has 9 nitrogen and oxygen atoms in total. The van der Waals surface area contributed by atoms with Crippen molar-refractivity contribution in [1.82, 2.24) is 14.7 Å². The van der Waals surface area contributed by atoms with Crippen molar-refractivity contribution in [3.63, 3.8) is 0 Å². The predicted octanol–water partition coefficient (Wildman–Crippen LogP) is 1.47. The fourth-order valence-corrected chi connectivity index (χ4v) is 4.19. The maximum Gasteiger partial charge on any atom is 0.328 e. The first-order valence-electron chi connectivity index (χ1n) is 9.10. The maximum atomic E-state index is 13.2. The molecule has 2 atom stereocenters. The fourth-order valence-electron chi connectivity index (χ4n) is 4.03. The van der Waals surface area contributed by atoms with Crippen molar-refractivity contribution in [2.75, 3.05) is 18.5 Å². The molecule has 0 radical (unpaired) electrons. The number of benzene rings is 1. The normalized spacial score (nSPS) is 23.7. The van der Waals surface area contributed by atoms with Crippen LogP contribution >= 0.6 is 11.6 Å². The smallest absolute Gasteiger partial charge is 0.328 e. The number of likely N-dealkylation sites (N-methyl/N-ethyl adjacent to an activating group) is 1. The van der Waals surface area contributed by atoms with Crippen LogP contribution in [0.3, 0.4) is 0 Å². The van der Waals surface area contributed by atoms with Crippen molar-refractivity contribution in [3.8, 4) is 0 Å². The minimum absolute atomic E-state index is 0.465. The number of primary amides is 1. The molecule has 152 valence electrons. The molecule has 1 saturated heterocycles. The summed E-state index contributed by atoms with van der Waals surface area (Å²) in [7, 11) is 1.56. The number of hydrogen-bond donors (Lipinski definition) is 1. The highest BCUT2D eigenvalue weighted by Crippen LogP contribution is 2.41. The van der Waals surface area contributed by atoms with E-state index in [1.807, 2.05) is 48.8 Å². The lowest BCUT2D eigenvalue weighted by atomic mass is 10.1. The number of nitrogens with zero attached hydrogens (tertiary/aromatic N) is 5. The first kappa shape index (κ1) is 19.3. The number of aryl methyl sites for hydroxylation is 1. The zero-order valence-corrected chi connectivity index (χ0v) is 17.3. The van der Waals surface area contributed by atoms with Crippen LogP contribution in [0, 0.1) is 6.92 Å². The third-order valence-corrected chi connectivity index (χ3v) is 5.85. The second-order valence-corrected chi connectivity index (χ2v) is 7.82. The second kappa shape index (κ2) is 6.48. The van der Waals surface area contributed by atoms with E-state index in [4.69, 9.17) is 22.3 Å². The summed E-state index contributed by atoms with van der Waals surface area (Å²) >= 11 is 6.22. The molecule has 2 N–H and O–H groups in total. The van der Waals surface area contributed by atoms with Gasteiger partial charge in [0.2, 0.25) is 11.9 Å². The number of carbonyl (C=O) groups excluding carboxylic acids is 3. The van der Waals surface area contributed by atoms with Gasteiger partial charge in [-0.15, -0.1) is 0 Å². The molecule has 0 bridgehead atoms. The maximum absolute atomic E-state index is 13.2. The average molecular weight is 417 g/mol.